The summed E-state index contributed by atoms with van der Waals surface area (Å²) in [5.41, 5.74) is 1.77. The predicted octanol–water partition coefficient (Wildman–Crippen LogP) is 2.87. The first kappa shape index (κ1) is 11.8. The van der Waals surface area contributed by atoms with Crippen LogP contribution in [0.5, 0.6) is 0 Å². The molecule has 4 heteroatoms. The lowest BCUT2D eigenvalue weighted by atomic mass is 10.2. The highest BCUT2D eigenvalue weighted by Gasteiger charge is 2.06. The van der Waals surface area contributed by atoms with Gasteiger partial charge in [0.05, 0.1) is 11.3 Å². The van der Waals surface area contributed by atoms with E-state index in [4.69, 9.17) is 5.26 Å². The van der Waals surface area contributed by atoms with Crippen molar-refractivity contribution in [1.82, 2.24) is 10.3 Å². The first-order chi connectivity index (χ1) is 8.29. The number of nitrogens with zero attached hydrogens (tertiary/aromatic N) is 2. The number of rotatable bonds is 4. The Bertz CT molecular complexity index is 513. The van der Waals surface area contributed by atoms with Gasteiger partial charge in [0.1, 0.15) is 6.07 Å². The Morgan fingerprint density at radius 1 is 1.53 bits per heavy atom. The third-order valence-electron chi connectivity index (χ3n) is 2.50. The minimum atomic E-state index is 0.212. The molecule has 1 N–H and O–H groups in total. The van der Waals surface area contributed by atoms with Gasteiger partial charge in [0.15, 0.2) is 0 Å². The predicted molar refractivity (Wildman–Crippen MR) is 68.5 cm³/mol. The van der Waals surface area contributed by atoms with Gasteiger partial charge < -0.3 is 5.32 Å². The Balaban J connectivity index is 1.92. The van der Waals surface area contributed by atoms with Crippen LogP contribution in [0.1, 0.15) is 29.1 Å². The lowest BCUT2D eigenvalue weighted by Crippen LogP contribution is -2.18. The lowest BCUT2D eigenvalue weighted by molar-refractivity contribution is 0.565. The van der Waals surface area contributed by atoms with E-state index in [1.54, 1.807) is 17.5 Å². The van der Waals surface area contributed by atoms with Crippen LogP contribution in [0.3, 0.4) is 0 Å². The molecule has 0 saturated carbocycles. The van der Waals surface area contributed by atoms with Crippen LogP contribution in [-0.2, 0) is 6.54 Å². The third-order valence-corrected chi connectivity index (χ3v) is 3.43. The summed E-state index contributed by atoms with van der Waals surface area (Å²) in [6.07, 6.45) is 1.80. The van der Waals surface area contributed by atoms with Crippen molar-refractivity contribution in [3.05, 3.63) is 52.0 Å². The van der Waals surface area contributed by atoms with Crippen molar-refractivity contribution in [2.45, 2.75) is 19.5 Å². The van der Waals surface area contributed by atoms with Crippen LogP contribution < -0.4 is 5.32 Å². The summed E-state index contributed by atoms with van der Waals surface area (Å²) in [6, 6.07) is 10.2. The molecule has 0 bridgehead atoms. The molecule has 0 aliphatic rings. The van der Waals surface area contributed by atoms with Crippen molar-refractivity contribution >= 4 is 11.3 Å². The summed E-state index contributed by atoms with van der Waals surface area (Å²) in [7, 11) is 0. The fourth-order valence-electron chi connectivity index (χ4n) is 1.52. The van der Waals surface area contributed by atoms with Crippen LogP contribution in [0.2, 0.25) is 0 Å². The summed E-state index contributed by atoms with van der Waals surface area (Å²) in [5.74, 6) is 0. The Kier molecular flexibility index (Phi) is 3.86. The molecule has 2 heterocycles. The van der Waals surface area contributed by atoms with E-state index in [0.29, 0.717) is 0 Å². The molecule has 2 aromatic heterocycles. The fourth-order valence-corrected chi connectivity index (χ4v) is 2.28. The Labute approximate surface area is 105 Å². The molecule has 2 aromatic rings. The number of thiophene rings is 1. The van der Waals surface area contributed by atoms with E-state index in [0.717, 1.165) is 17.8 Å². The number of pyridine rings is 1. The molecule has 0 saturated heterocycles. The van der Waals surface area contributed by atoms with E-state index in [-0.39, 0.29) is 6.04 Å². The first-order valence-corrected chi connectivity index (χ1v) is 6.29. The normalized spacial score (nSPS) is 12.0. The van der Waals surface area contributed by atoms with E-state index in [1.807, 2.05) is 29.6 Å². The van der Waals surface area contributed by atoms with Gasteiger partial charge in [0.25, 0.3) is 0 Å². The molecule has 17 heavy (non-hydrogen) atoms. The van der Waals surface area contributed by atoms with E-state index >= 15 is 0 Å². The van der Waals surface area contributed by atoms with Crippen molar-refractivity contribution in [3.63, 3.8) is 0 Å². The summed E-state index contributed by atoms with van der Waals surface area (Å²) in [4.78, 5) is 5.47. The second-order valence-electron chi connectivity index (χ2n) is 3.77. The number of nitriles is 1. The molecule has 0 radical (unpaired) electrons. The van der Waals surface area contributed by atoms with Crippen LogP contribution in [0.4, 0.5) is 0 Å². The maximum absolute atomic E-state index is 8.73. The Morgan fingerprint density at radius 2 is 2.41 bits per heavy atom. The molecule has 0 spiro atoms. The van der Waals surface area contributed by atoms with Gasteiger partial charge in [-0.25, -0.2) is 0 Å². The van der Waals surface area contributed by atoms with Crippen LogP contribution in [0.25, 0.3) is 0 Å². The lowest BCUT2D eigenvalue weighted by Gasteiger charge is -2.11. The van der Waals surface area contributed by atoms with Gasteiger partial charge in [-0.05, 0) is 25.1 Å². The van der Waals surface area contributed by atoms with Crippen LogP contribution in [0, 0.1) is 11.3 Å². The van der Waals surface area contributed by atoms with Crippen molar-refractivity contribution in [2.24, 2.45) is 0 Å². The zero-order chi connectivity index (χ0) is 12.1. The molecule has 1 atom stereocenters. The van der Waals surface area contributed by atoms with Crippen molar-refractivity contribution < 1.29 is 0 Å². The molecular formula is C13H13N3S. The smallest absolute Gasteiger partial charge is 0.100 e. The van der Waals surface area contributed by atoms with Crippen molar-refractivity contribution in [2.75, 3.05) is 0 Å². The molecule has 0 amide bonds. The standard InChI is InChI=1S/C13H13N3S/c1-10(13-4-2-3-5-15-13)16-8-12-6-11(7-14)9-17-12/h2-6,9-10,16H,8H2,1H3/t10-/m1/s1. The maximum Gasteiger partial charge on any atom is 0.100 e. The SMILES string of the molecule is C[C@@H](NCc1cc(C#N)cs1)c1ccccn1. The van der Waals surface area contributed by atoms with Gasteiger partial charge in [-0.1, -0.05) is 6.07 Å². The topological polar surface area (TPSA) is 48.7 Å². The molecule has 0 aliphatic heterocycles. The van der Waals surface area contributed by atoms with Gasteiger partial charge in [-0.15, -0.1) is 11.3 Å². The highest BCUT2D eigenvalue weighted by atomic mass is 32.1. The summed E-state index contributed by atoms with van der Waals surface area (Å²) in [5, 5.41) is 14.0. The molecule has 0 unspecified atom stereocenters. The number of aromatic nitrogens is 1. The van der Waals surface area contributed by atoms with E-state index in [1.165, 1.54) is 4.88 Å². The average Bonchev–Trinajstić information content (AvgIpc) is 2.85. The highest BCUT2D eigenvalue weighted by molar-refractivity contribution is 7.10. The molecular weight excluding hydrogens is 230 g/mol. The minimum absolute atomic E-state index is 0.212. The van der Waals surface area contributed by atoms with E-state index in [2.05, 4.69) is 23.3 Å². The van der Waals surface area contributed by atoms with Gasteiger partial charge in [-0.2, -0.15) is 5.26 Å². The van der Waals surface area contributed by atoms with Gasteiger partial charge >= 0.3 is 0 Å². The third kappa shape index (κ3) is 3.13. The number of nitrogens with one attached hydrogen (secondary N) is 1. The van der Waals surface area contributed by atoms with Gasteiger partial charge in [-0.3, -0.25) is 4.98 Å². The quantitative estimate of drug-likeness (QED) is 0.898. The summed E-state index contributed by atoms with van der Waals surface area (Å²) >= 11 is 1.61. The maximum atomic E-state index is 8.73. The number of hydrogen-bond donors (Lipinski definition) is 1. The van der Waals surface area contributed by atoms with E-state index in [9.17, 15) is 0 Å². The fraction of sp³-hybridized carbons (Fsp3) is 0.231. The van der Waals surface area contributed by atoms with Gasteiger partial charge in [0.2, 0.25) is 0 Å². The molecule has 2 rings (SSSR count). The van der Waals surface area contributed by atoms with Crippen LogP contribution >= 0.6 is 11.3 Å². The van der Waals surface area contributed by atoms with Crippen molar-refractivity contribution in [3.8, 4) is 6.07 Å². The monoisotopic (exact) mass is 243 g/mol. The molecule has 0 aliphatic carbocycles. The summed E-state index contributed by atoms with van der Waals surface area (Å²) in [6.45, 7) is 2.85. The highest BCUT2D eigenvalue weighted by Crippen LogP contribution is 2.15. The average molecular weight is 243 g/mol. The summed E-state index contributed by atoms with van der Waals surface area (Å²) < 4.78 is 0. The first-order valence-electron chi connectivity index (χ1n) is 5.41. The number of hydrogen-bond acceptors (Lipinski definition) is 4. The van der Waals surface area contributed by atoms with Gasteiger partial charge in [0, 0.05) is 29.0 Å². The Hall–Kier alpha value is -1.70. The zero-order valence-corrected chi connectivity index (χ0v) is 10.4. The van der Waals surface area contributed by atoms with E-state index < -0.39 is 0 Å². The Morgan fingerprint density at radius 3 is 3.06 bits per heavy atom. The zero-order valence-electron chi connectivity index (χ0n) is 9.55. The molecule has 86 valence electrons. The molecule has 0 fully saturated rings. The molecule has 0 aromatic carbocycles. The second-order valence-corrected chi connectivity index (χ2v) is 4.77. The minimum Gasteiger partial charge on any atom is -0.304 e. The van der Waals surface area contributed by atoms with Crippen molar-refractivity contribution in [1.29, 1.82) is 5.26 Å². The molecule has 3 nitrogen and oxygen atoms in total. The second kappa shape index (κ2) is 5.58. The largest absolute Gasteiger partial charge is 0.304 e. The van der Waals surface area contributed by atoms with Crippen LogP contribution in [0.15, 0.2) is 35.8 Å². The van der Waals surface area contributed by atoms with Crippen LogP contribution in [-0.4, -0.2) is 4.98 Å².